The molecule has 1 unspecified atom stereocenters. The standard InChI is InChI=1S/C26H26ClN3/c1-3-23(20-8-6-5-7-9-20)29-24(4-2)21-11-12-25-22(16-21)14-15-30(25)18-19-10-13-26(27)28-17-19/h4-17,23,29H,3,18H2,1-2H3/b24-4-. The van der Waals surface area contributed by atoms with Crippen LogP contribution in [0.2, 0.25) is 5.15 Å². The molecule has 2 aromatic carbocycles. The van der Waals surface area contributed by atoms with Crippen molar-refractivity contribution in [1.29, 1.82) is 0 Å². The number of hydrogen-bond acceptors (Lipinski definition) is 2. The van der Waals surface area contributed by atoms with Crippen molar-refractivity contribution in [3.8, 4) is 0 Å². The number of halogens is 1. The minimum atomic E-state index is 0.287. The Morgan fingerprint density at radius 1 is 1.10 bits per heavy atom. The Morgan fingerprint density at radius 2 is 1.93 bits per heavy atom. The van der Waals surface area contributed by atoms with Crippen LogP contribution in [-0.4, -0.2) is 9.55 Å². The fourth-order valence-electron chi connectivity index (χ4n) is 3.83. The molecule has 0 aliphatic heterocycles. The van der Waals surface area contributed by atoms with Crippen LogP contribution in [0.5, 0.6) is 0 Å². The predicted octanol–water partition coefficient (Wildman–Crippen LogP) is 6.84. The van der Waals surface area contributed by atoms with Crippen molar-refractivity contribution in [2.24, 2.45) is 0 Å². The molecule has 0 fully saturated rings. The van der Waals surface area contributed by atoms with E-state index < -0.39 is 0 Å². The van der Waals surface area contributed by atoms with Crippen molar-refractivity contribution in [3.05, 3.63) is 107 Å². The van der Waals surface area contributed by atoms with Gasteiger partial charge in [0, 0.05) is 35.5 Å². The van der Waals surface area contributed by atoms with Gasteiger partial charge < -0.3 is 9.88 Å². The minimum absolute atomic E-state index is 0.287. The molecule has 0 saturated carbocycles. The Bertz CT molecular complexity index is 1140. The highest BCUT2D eigenvalue weighted by Crippen LogP contribution is 2.25. The van der Waals surface area contributed by atoms with Gasteiger partial charge in [0.1, 0.15) is 5.15 Å². The molecule has 4 rings (SSSR count). The average molecular weight is 416 g/mol. The first kappa shape index (κ1) is 20.2. The minimum Gasteiger partial charge on any atom is -0.378 e. The summed E-state index contributed by atoms with van der Waals surface area (Å²) in [5.41, 5.74) is 6.00. The van der Waals surface area contributed by atoms with E-state index in [2.05, 4.69) is 95.6 Å². The van der Waals surface area contributed by atoms with Crippen molar-refractivity contribution >= 4 is 28.2 Å². The molecule has 4 heteroatoms. The second-order valence-electron chi connectivity index (χ2n) is 7.42. The highest BCUT2D eigenvalue weighted by Gasteiger charge is 2.12. The topological polar surface area (TPSA) is 29.9 Å². The number of allylic oxidation sites excluding steroid dienone is 1. The van der Waals surface area contributed by atoms with E-state index in [0.717, 1.165) is 24.2 Å². The molecule has 4 aromatic rings. The largest absolute Gasteiger partial charge is 0.378 e. The molecule has 152 valence electrons. The Labute approximate surface area is 183 Å². The lowest BCUT2D eigenvalue weighted by Gasteiger charge is -2.21. The predicted molar refractivity (Wildman–Crippen MR) is 127 cm³/mol. The first-order valence-electron chi connectivity index (χ1n) is 10.4. The molecule has 0 aliphatic rings. The van der Waals surface area contributed by atoms with Crippen LogP contribution in [0.4, 0.5) is 0 Å². The summed E-state index contributed by atoms with van der Waals surface area (Å²) in [6.45, 7) is 5.07. The second kappa shape index (κ2) is 9.19. The molecule has 2 aromatic heterocycles. The Balaban J connectivity index is 1.57. The van der Waals surface area contributed by atoms with E-state index in [1.165, 1.54) is 22.0 Å². The van der Waals surface area contributed by atoms with Gasteiger partial charge in [-0.15, -0.1) is 0 Å². The normalized spacial score (nSPS) is 12.8. The number of nitrogens with zero attached hydrogens (tertiary/aromatic N) is 2. The van der Waals surface area contributed by atoms with E-state index in [1.54, 1.807) is 0 Å². The molecule has 0 amide bonds. The van der Waals surface area contributed by atoms with Gasteiger partial charge in [-0.1, -0.05) is 67.1 Å². The van der Waals surface area contributed by atoms with E-state index >= 15 is 0 Å². The zero-order valence-electron chi connectivity index (χ0n) is 17.3. The fourth-order valence-corrected chi connectivity index (χ4v) is 3.94. The Morgan fingerprint density at radius 3 is 2.63 bits per heavy atom. The Kier molecular flexibility index (Phi) is 6.20. The molecular formula is C26H26ClN3. The van der Waals surface area contributed by atoms with Crippen molar-refractivity contribution in [1.82, 2.24) is 14.9 Å². The summed E-state index contributed by atoms with van der Waals surface area (Å²) < 4.78 is 2.24. The van der Waals surface area contributed by atoms with Crippen LogP contribution in [0.3, 0.4) is 0 Å². The first-order chi connectivity index (χ1) is 14.7. The lowest BCUT2D eigenvalue weighted by Crippen LogP contribution is -2.19. The molecule has 30 heavy (non-hydrogen) atoms. The zero-order chi connectivity index (χ0) is 20.9. The number of hydrogen-bond donors (Lipinski definition) is 1. The summed E-state index contributed by atoms with van der Waals surface area (Å²) in [5.74, 6) is 0. The molecule has 1 N–H and O–H groups in total. The number of nitrogens with one attached hydrogen (secondary N) is 1. The van der Waals surface area contributed by atoms with Crippen LogP contribution in [-0.2, 0) is 6.54 Å². The summed E-state index contributed by atoms with van der Waals surface area (Å²) in [5, 5.41) is 5.48. The summed E-state index contributed by atoms with van der Waals surface area (Å²) in [6, 6.07) is 23.6. The van der Waals surface area contributed by atoms with Gasteiger partial charge in [-0.25, -0.2) is 4.98 Å². The van der Waals surface area contributed by atoms with Gasteiger partial charge in [-0.3, -0.25) is 0 Å². The van der Waals surface area contributed by atoms with Gasteiger partial charge in [-0.2, -0.15) is 0 Å². The number of aromatic nitrogens is 2. The number of rotatable bonds is 7. The molecule has 0 radical (unpaired) electrons. The van der Waals surface area contributed by atoms with Crippen molar-refractivity contribution in [3.63, 3.8) is 0 Å². The van der Waals surface area contributed by atoms with Gasteiger partial charge in [-0.05, 0) is 54.3 Å². The van der Waals surface area contributed by atoms with E-state index in [0.29, 0.717) is 5.15 Å². The number of pyridine rings is 1. The molecular weight excluding hydrogens is 390 g/mol. The SMILES string of the molecule is C/C=C(\NC(CC)c1ccccc1)c1ccc2c(ccn2Cc2ccc(Cl)nc2)c1. The van der Waals surface area contributed by atoms with Crippen LogP contribution in [0.15, 0.2) is 85.2 Å². The molecule has 0 aliphatic carbocycles. The monoisotopic (exact) mass is 415 g/mol. The smallest absolute Gasteiger partial charge is 0.129 e. The summed E-state index contributed by atoms with van der Waals surface area (Å²) >= 11 is 5.91. The van der Waals surface area contributed by atoms with Crippen LogP contribution in [0.25, 0.3) is 16.6 Å². The molecule has 3 nitrogen and oxygen atoms in total. The van der Waals surface area contributed by atoms with Gasteiger partial charge in [0.2, 0.25) is 0 Å². The van der Waals surface area contributed by atoms with Crippen LogP contribution in [0.1, 0.15) is 43.0 Å². The quantitative estimate of drug-likeness (QED) is 0.335. The Hall–Kier alpha value is -3.04. The zero-order valence-corrected chi connectivity index (χ0v) is 18.1. The van der Waals surface area contributed by atoms with Gasteiger partial charge in [0.05, 0.1) is 6.04 Å². The van der Waals surface area contributed by atoms with E-state index in [-0.39, 0.29) is 6.04 Å². The molecule has 0 saturated heterocycles. The fraction of sp³-hybridized carbons (Fsp3) is 0.192. The summed E-state index contributed by atoms with van der Waals surface area (Å²) in [6.07, 6.45) is 7.14. The molecule has 2 heterocycles. The maximum absolute atomic E-state index is 5.91. The number of benzene rings is 2. The van der Waals surface area contributed by atoms with E-state index in [1.807, 2.05) is 18.3 Å². The maximum atomic E-state index is 5.91. The maximum Gasteiger partial charge on any atom is 0.129 e. The van der Waals surface area contributed by atoms with Gasteiger partial charge in [0.15, 0.2) is 0 Å². The first-order valence-corrected chi connectivity index (χ1v) is 10.7. The van der Waals surface area contributed by atoms with Crippen LogP contribution in [0, 0.1) is 0 Å². The molecule has 0 bridgehead atoms. The lowest BCUT2D eigenvalue weighted by molar-refractivity contribution is 0.613. The highest BCUT2D eigenvalue weighted by molar-refractivity contribution is 6.29. The third-order valence-electron chi connectivity index (χ3n) is 5.45. The number of fused-ring (bicyclic) bond motifs is 1. The highest BCUT2D eigenvalue weighted by atomic mass is 35.5. The van der Waals surface area contributed by atoms with Gasteiger partial charge in [0.25, 0.3) is 0 Å². The third kappa shape index (κ3) is 4.42. The van der Waals surface area contributed by atoms with Crippen molar-refractivity contribution < 1.29 is 0 Å². The van der Waals surface area contributed by atoms with Gasteiger partial charge >= 0.3 is 0 Å². The summed E-state index contributed by atoms with van der Waals surface area (Å²) in [4.78, 5) is 4.19. The molecule has 0 spiro atoms. The third-order valence-corrected chi connectivity index (χ3v) is 5.68. The van der Waals surface area contributed by atoms with Crippen LogP contribution < -0.4 is 5.32 Å². The average Bonchev–Trinajstić information content (AvgIpc) is 3.19. The van der Waals surface area contributed by atoms with Crippen molar-refractivity contribution in [2.75, 3.05) is 0 Å². The second-order valence-corrected chi connectivity index (χ2v) is 7.81. The molecule has 1 atom stereocenters. The van der Waals surface area contributed by atoms with E-state index in [9.17, 15) is 0 Å². The van der Waals surface area contributed by atoms with Crippen LogP contribution >= 0.6 is 11.6 Å². The van der Waals surface area contributed by atoms with Crippen molar-refractivity contribution in [2.45, 2.75) is 32.9 Å². The lowest BCUT2D eigenvalue weighted by atomic mass is 10.0. The van der Waals surface area contributed by atoms with E-state index in [4.69, 9.17) is 11.6 Å². The summed E-state index contributed by atoms with van der Waals surface area (Å²) in [7, 11) is 0.